The lowest BCUT2D eigenvalue weighted by Crippen LogP contribution is -2.45. The molecule has 1 unspecified atom stereocenters. The highest BCUT2D eigenvalue weighted by molar-refractivity contribution is 7.89. The number of hydrogen-bond donors (Lipinski definition) is 0. The fraction of sp³-hybridized carbons (Fsp3) is 0.929. The molecule has 0 saturated carbocycles. The second-order valence-corrected chi connectivity index (χ2v) is 8.83. The third kappa shape index (κ3) is 5.61. The Kier molecular flexibility index (Phi) is 5.56. The second kappa shape index (κ2) is 6.35. The Balaban J connectivity index is 2.75. The SMILES string of the molecule is CC(=O)CC1CCCCN1S(=O)(=O)CCC(C)(C)C. The van der Waals surface area contributed by atoms with Crippen LogP contribution < -0.4 is 0 Å². The maximum atomic E-state index is 12.4. The van der Waals surface area contributed by atoms with Crippen LogP contribution in [0.15, 0.2) is 0 Å². The van der Waals surface area contributed by atoms with Crippen molar-refractivity contribution in [2.24, 2.45) is 5.41 Å². The number of nitrogens with zero attached hydrogens (tertiary/aromatic N) is 1. The van der Waals surface area contributed by atoms with Crippen molar-refractivity contribution in [3.8, 4) is 0 Å². The molecule has 1 rings (SSSR count). The van der Waals surface area contributed by atoms with Crippen molar-refractivity contribution in [1.29, 1.82) is 0 Å². The number of carbonyl (C=O) groups excluding carboxylic acids is 1. The number of carbonyl (C=O) groups is 1. The third-order valence-corrected chi connectivity index (χ3v) is 5.48. The third-order valence-electron chi connectivity index (χ3n) is 3.56. The summed E-state index contributed by atoms with van der Waals surface area (Å²) in [6.45, 7) is 8.25. The van der Waals surface area contributed by atoms with Gasteiger partial charge in [-0.3, -0.25) is 4.79 Å². The Morgan fingerprint density at radius 2 is 1.89 bits per heavy atom. The molecule has 1 aliphatic rings. The molecule has 0 radical (unpaired) electrons. The summed E-state index contributed by atoms with van der Waals surface area (Å²) in [7, 11) is -3.23. The van der Waals surface area contributed by atoms with Gasteiger partial charge in [-0.1, -0.05) is 27.2 Å². The fourth-order valence-electron chi connectivity index (χ4n) is 2.43. The first-order valence-electron chi connectivity index (χ1n) is 7.11. The molecule has 5 heteroatoms. The van der Waals surface area contributed by atoms with Crippen LogP contribution in [-0.4, -0.2) is 36.8 Å². The molecule has 1 saturated heterocycles. The van der Waals surface area contributed by atoms with Gasteiger partial charge < -0.3 is 0 Å². The molecule has 0 N–H and O–H groups in total. The zero-order valence-electron chi connectivity index (χ0n) is 12.6. The van der Waals surface area contributed by atoms with E-state index < -0.39 is 10.0 Å². The van der Waals surface area contributed by atoms with Gasteiger partial charge in [0, 0.05) is 19.0 Å². The van der Waals surface area contributed by atoms with E-state index in [9.17, 15) is 13.2 Å². The molecule has 0 amide bonds. The summed E-state index contributed by atoms with van der Waals surface area (Å²) in [5, 5.41) is 0. The van der Waals surface area contributed by atoms with Crippen molar-refractivity contribution in [2.75, 3.05) is 12.3 Å². The highest BCUT2D eigenvalue weighted by atomic mass is 32.2. The maximum absolute atomic E-state index is 12.4. The van der Waals surface area contributed by atoms with E-state index in [1.165, 1.54) is 6.92 Å². The molecule has 0 aliphatic carbocycles. The molecule has 0 aromatic heterocycles. The van der Waals surface area contributed by atoms with Crippen LogP contribution >= 0.6 is 0 Å². The fourth-order valence-corrected chi connectivity index (χ4v) is 4.57. The Bertz CT molecular complexity index is 409. The topological polar surface area (TPSA) is 54.5 Å². The lowest BCUT2D eigenvalue weighted by Gasteiger charge is -2.35. The number of ketones is 1. The monoisotopic (exact) mass is 289 g/mol. The van der Waals surface area contributed by atoms with Gasteiger partial charge in [0.2, 0.25) is 10.0 Å². The lowest BCUT2D eigenvalue weighted by atomic mass is 9.94. The molecule has 1 heterocycles. The van der Waals surface area contributed by atoms with Crippen LogP contribution in [0.3, 0.4) is 0 Å². The Morgan fingerprint density at radius 1 is 1.26 bits per heavy atom. The minimum absolute atomic E-state index is 0.0128. The first-order chi connectivity index (χ1) is 8.62. The van der Waals surface area contributed by atoms with Gasteiger partial charge in [-0.05, 0) is 31.6 Å². The van der Waals surface area contributed by atoms with E-state index in [2.05, 4.69) is 0 Å². The van der Waals surface area contributed by atoms with Crippen LogP contribution in [0.1, 0.15) is 59.8 Å². The molecule has 19 heavy (non-hydrogen) atoms. The molecule has 1 fully saturated rings. The second-order valence-electron chi connectivity index (χ2n) is 6.79. The van der Waals surface area contributed by atoms with Crippen LogP contribution in [0.25, 0.3) is 0 Å². The van der Waals surface area contributed by atoms with E-state index in [1.54, 1.807) is 4.31 Å². The van der Waals surface area contributed by atoms with E-state index in [-0.39, 0.29) is 23.0 Å². The minimum Gasteiger partial charge on any atom is -0.300 e. The molecular weight excluding hydrogens is 262 g/mol. The number of hydrogen-bond acceptors (Lipinski definition) is 3. The zero-order chi connectivity index (χ0) is 14.7. The van der Waals surface area contributed by atoms with E-state index in [1.807, 2.05) is 20.8 Å². The largest absolute Gasteiger partial charge is 0.300 e. The first-order valence-corrected chi connectivity index (χ1v) is 8.72. The standard InChI is InChI=1S/C14H27NO3S/c1-12(16)11-13-7-5-6-9-15(13)19(17,18)10-8-14(2,3)4/h13H,5-11H2,1-4H3. The van der Waals surface area contributed by atoms with Gasteiger partial charge in [-0.25, -0.2) is 8.42 Å². The number of piperidine rings is 1. The lowest BCUT2D eigenvalue weighted by molar-refractivity contribution is -0.118. The van der Waals surface area contributed by atoms with Crippen molar-refractivity contribution >= 4 is 15.8 Å². The summed E-state index contributed by atoms with van der Waals surface area (Å²) in [5.41, 5.74) is 0.0128. The first kappa shape index (κ1) is 16.6. The molecule has 1 atom stereocenters. The van der Waals surface area contributed by atoms with Crippen LogP contribution in [0.2, 0.25) is 0 Å². The summed E-state index contributed by atoms with van der Waals surface area (Å²) < 4.78 is 26.5. The van der Waals surface area contributed by atoms with Gasteiger partial charge in [0.05, 0.1) is 5.75 Å². The molecule has 4 nitrogen and oxygen atoms in total. The van der Waals surface area contributed by atoms with Crippen molar-refractivity contribution < 1.29 is 13.2 Å². The maximum Gasteiger partial charge on any atom is 0.214 e. The van der Waals surface area contributed by atoms with Gasteiger partial charge in [0.25, 0.3) is 0 Å². The molecular formula is C14H27NO3S. The van der Waals surface area contributed by atoms with Gasteiger partial charge in [0.15, 0.2) is 0 Å². The quantitative estimate of drug-likeness (QED) is 0.781. The summed E-state index contributed by atoms with van der Waals surface area (Å²) in [4.78, 5) is 11.3. The summed E-state index contributed by atoms with van der Waals surface area (Å²) in [6, 6.07) is -0.115. The average Bonchev–Trinajstić information content (AvgIpc) is 2.25. The highest BCUT2D eigenvalue weighted by Gasteiger charge is 2.33. The number of rotatable bonds is 5. The Labute approximate surface area is 117 Å². The van der Waals surface area contributed by atoms with E-state index in [0.717, 1.165) is 19.3 Å². The van der Waals surface area contributed by atoms with Crippen molar-refractivity contribution in [1.82, 2.24) is 4.31 Å². The number of sulfonamides is 1. The molecule has 112 valence electrons. The minimum atomic E-state index is -3.23. The predicted octanol–water partition coefficient (Wildman–Crippen LogP) is 2.59. The summed E-state index contributed by atoms with van der Waals surface area (Å²) in [6.07, 6.45) is 3.74. The summed E-state index contributed by atoms with van der Waals surface area (Å²) >= 11 is 0. The van der Waals surface area contributed by atoms with Crippen LogP contribution in [0.5, 0.6) is 0 Å². The van der Waals surface area contributed by atoms with Gasteiger partial charge in [-0.15, -0.1) is 0 Å². The van der Waals surface area contributed by atoms with E-state index in [4.69, 9.17) is 0 Å². The molecule has 0 bridgehead atoms. The average molecular weight is 289 g/mol. The van der Waals surface area contributed by atoms with Crippen molar-refractivity contribution in [2.45, 2.75) is 65.8 Å². The smallest absolute Gasteiger partial charge is 0.214 e. The zero-order valence-corrected chi connectivity index (χ0v) is 13.4. The van der Waals surface area contributed by atoms with E-state index in [0.29, 0.717) is 19.4 Å². The van der Waals surface area contributed by atoms with Gasteiger partial charge in [0.1, 0.15) is 5.78 Å². The molecule has 0 spiro atoms. The van der Waals surface area contributed by atoms with E-state index >= 15 is 0 Å². The van der Waals surface area contributed by atoms with Crippen LogP contribution in [-0.2, 0) is 14.8 Å². The van der Waals surface area contributed by atoms with Crippen molar-refractivity contribution in [3.05, 3.63) is 0 Å². The molecule has 0 aromatic carbocycles. The predicted molar refractivity (Wildman–Crippen MR) is 77.5 cm³/mol. The Hall–Kier alpha value is -0.420. The molecule has 0 aromatic rings. The van der Waals surface area contributed by atoms with Crippen molar-refractivity contribution in [3.63, 3.8) is 0 Å². The normalized spacial score (nSPS) is 22.4. The highest BCUT2D eigenvalue weighted by Crippen LogP contribution is 2.26. The van der Waals surface area contributed by atoms with Crippen LogP contribution in [0.4, 0.5) is 0 Å². The van der Waals surface area contributed by atoms with Crippen LogP contribution in [0, 0.1) is 5.41 Å². The Morgan fingerprint density at radius 3 is 2.42 bits per heavy atom. The number of Topliss-reactive ketones (excluding diaryl/α,β-unsaturated/α-hetero) is 1. The summed E-state index contributed by atoms with van der Waals surface area (Å²) in [5.74, 6) is 0.258. The van der Waals surface area contributed by atoms with Gasteiger partial charge >= 0.3 is 0 Å². The van der Waals surface area contributed by atoms with Gasteiger partial charge in [-0.2, -0.15) is 4.31 Å². The molecule has 1 aliphatic heterocycles.